The number of anilines is 12. The predicted octanol–water partition coefficient (Wildman–Crippen LogP) is 26.7. The Kier molecular flexibility index (Phi) is 18.9. The van der Waals surface area contributed by atoms with Crippen LogP contribution in [0.1, 0.15) is 145 Å². The molecule has 0 unspecified atom stereocenters. The van der Waals surface area contributed by atoms with Crippen molar-refractivity contribution in [3.8, 4) is 0 Å². The van der Waals surface area contributed by atoms with Gasteiger partial charge in [-0.3, -0.25) is 0 Å². The smallest absolute Gasteiger partial charge is 0.0701 e. The fraction of sp³-hybridized carbons (Fsp3) is 0.242. The van der Waals surface area contributed by atoms with Crippen LogP contribution in [-0.4, -0.2) is 0 Å². The summed E-state index contributed by atoms with van der Waals surface area (Å²) in [6.07, 6.45) is 0. The van der Waals surface area contributed by atoms with Gasteiger partial charge in [0.15, 0.2) is 0 Å². The van der Waals surface area contributed by atoms with Gasteiger partial charge >= 0.3 is 0 Å². The summed E-state index contributed by atoms with van der Waals surface area (Å²) in [5.74, 6) is 0. The summed E-state index contributed by atoms with van der Waals surface area (Å²) in [4.78, 5) is 9.94. The van der Waals surface area contributed by atoms with Gasteiger partial charge in [0, 0.05) is 68.2 Å². The lowest BCUT2D eigenvalue weighted by molar-refractivity contribution is 0.745. The van der Waals surface area contributed by atoms with Crippen molar-refractivity contribution in [3.05, 3.63) is 351 Å². The molecule has 0 spiro atoms. The molecule has 0 radical (unpaired) electrons. The van der Waals surface area contributed by atoms with Crippen molar-refractivity contribution in [3.63, 3.8) is 0 Å². The van der Waals surface area contributed by atoms with Gasteiger partial charge in [-0.1, -0.05) is 109 Å². The normalized spacial score (nSPS) is 11.5. The first kappa shape index (κ1) is 68.8. The van der Waals surface area contributed by atoms with Gasteiger partial charge in [0.2, 0.25) is 0 Å². The first-order chi connectivity index (χ1) is 47.1. The Bertz CT molecular complexity index is 4500. The van der Waals surface area contributed by atoms with Crippen LogP contribution in [0.3, 0.4) is 0 Å². The minimum absolute atomic E-state index is 0.897. The Morgan fingerprint density at radius 2 is 0.293 bits per heavy atom. The average Bonchev–Trinajstić information content (AvgIpc) is 0.729. The summed E-state index contributed by atoms with van der Waals surface area (Å²) in [5.41, 5.74) is 45.0. The van der Waals surface area contributed by atoms with Crippen LogP contribution in [0.4, 0.5) is 68.2 Å². The molecule has 0 aromatic heterocycles. The number of benzene rings is 12. The van der Waals surface area contributed by atoms with E-state index in [9.17, 15) is 0 Å². The highest BCUT2D eigenvalue weighted by Crippen LogP contribution is 2.52. The van der Waals surface area contributed by atoms with E-state index in [4.69, 9.17) is 0 Å². The molecule has 0 aliphatic carbocycles. The molecule has 99 heavy (non-hydrogen) atoms. The molecule has 4 nitrogen and oxygen atoms in total. The molecular weight excluding hydrogens is 1200 g/mol. The Labute approximate surface area is 592 Å². The highest BCUT2D eigenvalue weighted by atomic mass is 15.2. The lowest BCUT2D eigenvalue weighted by Crippen LogP contribution is -2.31. The molecule has 0 heterocycles. The number of aryl methyl sites for hydroxylation is 22. The molecule has 500 valence electrons. The maximum absolute atomic E-state index is 2.50. The van der Waals surface area contributed by atoms with Crippen molar-refractivity contribution in [1.82, 2.24) is 0 Å². The molecule has 0 fully saturated rings. The second-order valence-electron chi connectivity index (χ2n) is 29.2. The van der Waals surface area contributed by atoms with Crippen LogP contribution < -0.4 is 19.6 Å². The lowest BCUT2D eigenvalue weighted by atomic mass is 9.65. The zero-order valence-corrected chi connectivity index (χ0v) is 62.9. The Morgan fingerprint density at radius 3 is 0.475 bits per heavy atom. The van der Waals surface area contributed by atoms with Crippen LogP contribution >= 0.6 is 0 Å². The second-order valence-corrected chi connectivity index (χ2v) is 29.2. The number of hydrogen-bond acceptors (Lipinski definition) is 4. The minimum atomic E-state index is -0.897. The largest absolute Gasteiger partial charge is 0.310 e. The van der Waals surface area contributed by atoms with Crippen molar-refractivity contribution in [2.24, 2.45) is 0 Å². The van der Waals surface area contributed by atoms with Gasteiger partial charge in [-0.05, 0) is 395 Å². The molecule has 12 rings (SSSR count). The minimum Gasteiger partial charge on any atom is -0.310 e. The number of nitrogens with zero attached hydrogens (tertiary/aromatic N) is 4. The van der Waals surface area contributed by atoms with Crippen LogP contribution in [0.25, 0.3) is 0 Å². The third kappa shape index (κ3) is 12.9. The zero-order valence-electron chi connectivity index (χ0n) is 62.9. The molecule has 4 heteroatoms. The maximum Gasteiger partial charge on any atom is 0.0701 e. The molecular formula is C95H100N4. The molecule has 12 aromatic rings. The van der Waals surface area contributed by atoms with Crippen molar-refractivity contribution in [1.29, 1.82) is 0 Å². The van der Waals surface area contributed by atoms with Gasteiger partial charge < -0.3 is 19.6 Å². The van der Waals surface area contributed by atoms with E-state index in [2.05, 4.69) is 378 Å². The quantitative estimate of drug-likeness (QED) is 0.0894. The Balaban J connectivity index is 1.16. The summed E-state index contributed by atoms with van der Waals surface area (Å²) >= 11 is 0. The van der Waals surface area contributed by atoms with Gasteiger partial charge in [0.1, 0.15) is 0 Å². The van der Waals surface area contributed by atoms with E-state index in [1.807, 2.05) is 0 Å². The number of hydrogen-bond donors (Lipinski definition) is 0. The Hall–Kier alpha value is -10.2. The van der Waals surface area contributed by atoms with Crippen LogP contribution in [0.2, 0.25) is 0 Å². The molecule has 0 atom stereocenters. The van der Waals surface area contributed by atoms with Crippen LogP contribution in [-0.2, 0) is 5.41 Å². The van der Waals surface area contributed by atoms with Crippen LogP contribution in [0, 0.1) is 152 Å². The average molecular weight is 1300 g/mol. The van der Waals surface area contributed by atoms with Gasteiger partial charge in [-0.15, -0.1) is 0 Å². The highest BCUT2D eigenvalue weighted by Gasteiger charge is 2.40. The number of rotatable bonds is 16. The molecule has 0 aliphatic heterocycles. The molecule has 0 bridgehead atoms. The fourth-order valence-electron chi connectivity index (χ4n) is 15.1. The molecule has 0 N–H and O–H groups in total. The van der Waals surface area contributed by atoms with E-state index in [0.717, 1.165) is 56.4 Å². The highest BCUT2D eigenvalue weighted by molar-refractivity contribution is 5.86. The van der Waals surface area contributed by atoms with E-state index in [-0.39, 0.29) is 0 Å². The third-order valence-corrected chi connectivity index (χ3v) is 21.9. The zero-order chi connectivity index (χ0) is 70.8. The monoisotopic (exact) mass is 1300 g/mol. The van der Waals surface area contributed by atoms with Crippen molar-refractivity contribution >= 4 is 68.2 Å². The topological polar surface area (TPSA) is 13.0 Å². The van der Waals surface area contributed by atoms with Crippen molar-refractivity contribution in [2.75, 3.05) is 19.6 Å². The van der Waals surface area contributed by atoms with Crippen molar-refractivity contribution in [2.45, 2.75) is 158 Å². The van der Waals surface area contributed by atoms with Gasteiger partial charge in [0.25, 0.3) is 0 Å². The van der Waals surface area contributed by atoms with E-state index in [0.29, 0.717) is 0 Å². The summed E-state index contributed by atoms with van der Waals surface area (Å²) in [5, 5.41) is 0. The van der Waals surface area contributed by atoms with Crippen LogP contribution in [0.15, 0.2) is 206 Å². The summed E-state index contributed by atoms with van der Waals surface area (Å²) in [7, 11) is 0. The van der Waals surface area contributed by atoms with E-state index in [1.54, 1.807) is 0 Å². The van der Waals surface area contributed by atoms with E-state index < -0.39 is 5.41 Å². The molecule has 0 saturated carbocycles. The lowest BCUT2D eigenvalue weighted by Gasteiger charge is -2.39. The standard InChI is InChI=1S/C95H100N4/c1-57-23-33-83(34-24-57)96(88-50-65(9)58(2)43-72(88)16)84-35-25-79(26-36-84)95(80-27-37-85(38-28-80)97(89-51-66(10)59(3)44-73(89)17)90-52-67(11)60(4)45-74(90)18,81-29-39-86(40-30-81)98(91-53-68(12)61(5)46-75(91)19)92-54-69(13)62(6)47-76(92)20)82-31-41-87(42-32-82)99(93-55-70(14)63(7)48-77(93)21)94-56-71(15)64(8)49-78(94)22/h23-56H,1-22H3. The van der Waals surface area contributed by atoms with Crippen LogP contribution in [0.5, 0.6) is 0 Å². The van der Waals surface area contributed by atoms with Gasteiger partial charge in [-0.2, -0.15) is 0 Å². The maximum atomic E-state index is 2.50. The first-order valence-corrected chi connectivity index (χ1v) is 35.4. The Morgan fingerprint density at radius 1 is 0.152 bits per heavy atom. The van der Waals surface area contributed by atoms with E-state index >= 15 is 0 Å². The molecule has 0 saturated heterocycles. The fourth-order valence-corrected chi connectivity index (χ4v) is 15.1. The van der Waals surface area contributed by atoms with Crippen molar-refractivity contribution < 1.29 is 0 Å². The van der Waals surface area contributed by atoms with Gasteiger partial charge in [0.05, 0.1) is 5.41 Å². The molecule has 0 amide bonds. The molecule has 12 aromatic carbocycles. The first-order valence-electron chi connectivity index (χ1n) is 35.4. The van der Waals surface area contributed by atoms with E-state index in [1.165, 1.54) is 157 Å². The molecule has 0 aliphatic rings. The summed E-state index contributed by atoms with van der Waals surface area (Å²) in [6.45, 7) is 49.2. The summed E-state index contributed by atoms with van der Waals surface area (Å²) in [6, 6.07) is 80.4. The van der Waals surface area contributed by atoms with Gasteiger partial charge in [-0.25, -0.2) is 0 Å². The third-order valence-electron chi connectivity index (χ3n) is 21.9. The predicted molar refractivity (Wildman–Crippen MR) is 428 cm³/mol. The SMILES string of the molecule is Cc1ccc(N(c2ccc(C(c3ccc(N(c4cc(C)c(C)cc4C)c4cc(C)c(C)cc4C)cc3)(c3ccc(N(c4cc(C)c(C)cc4C)c4cc(C)c(C)cc4C)cc3)c3ccc(N(c4cc(C)c(C)cc4C)c4cc(C)c(C)cc4C)cc3)cc2)c2cc(C)c(C)cc2C)cc1. The summed E-state index contributed by atoms with van der Waals surface area (Å²) < 4.78 is 0. The second kappa shape index (κ2) is 27.3.